The molecule has 2 fully saturated rings. The highest BCUT2D eigenvalue weighted by Crippen LogP contribution is 2.42. The van der Waals surface area contributed by atoms with Crippen LogP contribution in [0.25, 0.3) is 11.0 Å². The van der Waals surface area contributed by atoms with Gasteiger partial charge in [0.05, 0.1) is 16.6 Å². The summed E-state index contributed by atoms with van der Waals surface area (Å²) in [5, 5.41) is 0. The fourth-order valence-electron chi connectivity index (χ4n) is 4.97. The number of benzene rings is 1. The lowest BCUT2D eigenvalue weighted by atomic mass is 9.71. The molecule has 1 radical (unpaired) electrons. The summed E-state index contributed by atoms with van der Waals surface area (Å²) in [6.45, 7) is 3.85. The number of amides is 1. The van der Waals surface area contributed by atoms with E-state index in [1.807, 2.05) is 47.1 Å². The van der Waals surface area contributed by atoms with Crippen molar-refractivity contribution in [3.8, 4) is 0 Å². The Labute approximate surface area is 171 Å². The largest absolute Gasteiger partial charge is 0.371 e. The number of hydrogen-bond donors (Lipinski definition) is 0. The lowest BCUT2D eigenvalue weighted by Crippen LogP contribution is -2.48. The number of hydrogen-bond acceptors (Lipinski definition) is 4. The minimum atomic E-state index is 0.122. The third kappa shape index (κ3) is 3.26. The highest BCUT2D eigenvalue weighted by Gasteiger charge is 2.39. The number of rotatable bonds is 2. The summed E-state index contributed by atoms with van der Waals surface area (Å²) in [5.74, 6) is 0.122. The van der Waals surface area contributed by atoms with E-state index in [0.29, 0.717) is 5.41 Å². The van der Waals surface area contributed by atoms with Crippen molar-refractivity contribution >= 4 is 22.6 Å². The number of aromatic nitrogens is 3. The van der Waals surface area contributed by atoms with Crippen LogP contribution in [0.3, 0.4) is 0 Å². The fourth-order valence-corrected chi connectivity index (χ4v) is 4.97. The van der Waals surface area contributed by atoms with Crippen LogP contribution in [0.15, 0.2) is 42.7 Å². The second kappa shape index (κ2) is 7.17. The highest BCUT2D eigenvalue weighted by atomic mass is 16.2. The van der Waals surface area contributed by atoms with Crippen molar-refractivity contribution in [3.05, 3.63) is 54.6 Å². The van der Waals surface area contributed by atoms with Crippen molar-refractivity contribution in [3.63, 3.8) is 0 Å². The average Bonchev–Trinajstić information content (AvgIpc) is 3.16. The summed E-state index contributed by atoms with van der Waals surface area (Å²) in [6.07, 6.45) is 11.2. The van der Waals surface area contributed by atoms with Crippen LogP contribution in [0, 0.1) is 11.7 Å². The number of carbonyl (C=O) groups excluding carboxylic acids is 1. The molecule has 0 saturated carbocycles. The maximum absolute atomic E-state index is 13.2. The van der Waals surface area contributed by atoms with Crippen molar-refractivity contribution in [2.75, 3.05) is 31.1 Å². The third-order valence-electron chi connectivity index (χ3n) is 6.86. The van der Waals surface area contributed by atoms with Gasteiger partial charge >= 0.3 is 0 Å². The zero-order valence-corrected chi connectivity index (χ0v) is 16.8. The van der Waals surface area contributed by atoms with Crippen molar-refractivity contribution in [1.29, 1.82) is 0 Å². The summed E-state index contributed by atoms with van der Waals surface area (Å²) in [5.41, 5.74) is 4.09. The maximum Gasteiger partial charge on any atom is 0.256 e. The lowest BCUT2D eigenvalue weighted by Gasteiger charge is -2.47. The van der Waals surface area contributed by atoms with Crippen molar-refractivity contribution < 1.29 is 4.79 Å². The van der Waals surface area contributed by atoms with Crippen LogP contribution in [-0.4, -0.2) is 51.5 Å². The number of piperidine rings is 2. The minimum absolute atomic E-state index is 0.122. The Morgan fingerprint density at radius 3 is 2.41 bits per heavy atom. The van der Waals surface area contributed by atoms with Gasteiger partial charge in [0.15, 0.2) is 6.33 Å². The number of para-hydroxylation sites is 1. The Morgan fingerprint density at radius 2 is 1.69 bits per heavy atom. The van der Waals surface area contributed by atoms with Gasteiger partial charge in [0, 0.05) is 51.3 Å². The van der Waals surface area contributed by atoms with Crippen LogP contribution in [0.5, 0.6) is 0 Å². The van der Waals surface area contributed by atoms with Crippen LogP contribution >= 0.6 is 0 Å². The first-order valence-corrected chi connectivity index (χ1v) is 10.4. The van der Waals surface area contributed by atoms with E-state index in [9.17, 15) is 4.79 Å². The molecule has 29 heavy (non-hydrogen) atoms. The quantitative estimate of drug-likeness (QED) is 0.676. The molecular formula is C23H26N5O. The first-order chi connectivity index (χ1) is 14.2. The van der Waals surface area contributed by atoms with Crippen LogP contribution in [0.2, 0.25) is 0 Å². The number of fused-ring (bicyclic) bond motifs is 1. The molecule has 2 saturated heterocycles. The molecule has 1 amide bonds. The third-order valence-corrected chi connectivity index (χ3v) is 6.86. The topological polar surface area (TPSA) is 54.3 Å². The number of nitrogens with zero attached hydrogens (tertiary/aromatic N) is 5. The second-order valence-electron chi connectivity index (χ2n) is 8.43. The SMILES string of the molecule is Cn1[c]nc2cccc(C(=O)N3CCC4(CC3)CCN(c3ccncc3)CC4)c21. The smallest absolute Gasteiger partial charge is 0.256 e. The number of likely N-dealkylation sites (tertiary alicyclic amines) is 1. The monoisotopic (exact) mass is 388 g/mol. The number of pyridine rings is 1. The second-order valence-corrected chi connectivity index (χ2v) is 8.43. The maximum atomic E-state index is 13.2. The van der Waals surface area contributed by atoms with Gasteiger partial charge in [-0.05, 0) is 55.4 Å². The molecule has 6 nitrogen and oxygen atoms in total. The summed E-state index contributed by atoms with van der Waals surface area (Å²) in [7, 11) is 1.90. The molecule has 0 atom stereocenters. The van der Waals surface area contributed by atoms with Crippen molar-refractivity contribution in [2.45, 2.75) is 25.7 Å². The predicted molar refractivity (Wildman–Crippen MR) is 113 cm³/mol. The van der Waals surface area contributed by atoms with Crippen LogP contribution in [0.4, 0.5) is 5.69 Å². The number of aryl methyl sites for hydroxylation is 1. The molecule has 0 aliphatic carbocycles. The Morgan fingerprint density at radius 1 is 1.00 bits per heavy atom. The van der Waals surface area contributed by atoms with E-state index in [1.165, 1.54) is 18.5 Å². The lowest BCUT2D eigenvalue weighted by molar-refractivity contribution is 0.0516. The standard InChI is InChI=1S/C23H26N5O/c1-26-17-25-20-4-2-3-19(21(20)26)22(29)28-15-9-23(10-16-28)7-13-27(14-8-23)18-5-11-24-12-6-18/h2-6,11-12H,7-10,13-16H2,1H3. The van der Waals surface area contributed by atoms with Gasteiger partial charge in [-0.2, -0.15) is 0 Å². The van der Waals surface area contributed by atoms with Gasteiger partial charge in [0.25, 0.3) is 5.91 Å². The molecule has 149 valence electrons. The van der Waals surface area contributed by atoms with E-state index in [4.69, 9.17) is 0 Å². The van der Waals surface area contributed by atoms with Gasteiger partial charge in [-0.3, -0.25) is 9.78 Å². The van der Waals surface area contributed by atoms with Crippen molar-refractivity contribution in [2.24, 2.45) is 12.5 Å². The molecule has 0 N–H and O–H groups in total. The molecule has 1 aromatic carbocycles. The van der Waals surface area contributed by atoms with Crippen molar-refractivity contribution in [1.82, 2.24) is 19.4 Å². The summed E-state index contributed by atoms with van der Waals surface area (Å²) < 4.78 is 1.82. The van der Waals surface area contributed by atoms with E-state index < -0.39 is 0 Å². The predicted octanol–water partition coefficient (Wildman–Crippen LogP) is 3.29. The molecule has 0 bridgehead atoms. The molecule has 2 aliphatic heterocycles. The van der Waals surface area contributed by atoms with E-state index in [2.05, 4.69) is 33.3 Å². The summed E-state index contributed by atoms with van der Waals surface area (Å²) in [6, 6.07) is 9.95. The Kier molecular flexibility index (Phi) is 4.49. The highest BCUT2D eigenvalue weighted by molar-refractivity contribution is 6.05. The molecular weight excluding hydrogens is 362 g/mol. The van der Waals surface area contributed by atoms with E-state index in [-0.39, 0.29) is 5.91 Å². The molecule has 1 spiro atoms. The zero-order chi connectivity index (χ0) is 19.8. The van der Waals surface area contributed by atoms with Gasteiger partial charge in [-0.15, -0.1) is 0 Å². The Bertz CT molecular complexity index is 1010. The molecule has 0 unspecified atom stereocenters. The fraction of sp³-hybridized carbons (Fsp3) is 0.435. The van der Waals surface area contributed by atoms with E-state index in [0.717, 1.165) is 55.6 Å². The first-order valence-electron chi connectivity index (χ1n) is 10.4. The summed E-state index contributed by atoms with van der Waals surface area (Å²) >= 11 is 0. The first kappa shape index (κ1) is 18.2. The average molecular weight is 388 g/mol. The molecule has 6 heteroatoms. The Balaban J connectivity index is 1.25. The number of carbonyl (C=O) groups is 1. The number of anilines is 1. The van der Waals surface area contributed by atoms with Gasteiger partial charge in [-0.25, -0.2) is 4.98 Å². The molecule has 2 aromatic heterocycles. The van der Waals surface area contributed by atoms with Crippen LogP contribution in [-0.2, 0) is 7.05 Å². The van der Waals surface area contributed by atoms with Crippen LogP contribution < -0.4 is 4.90 Å². The zero-order valence-electron chi connectivity index (χ0n) is 16.8. The van der Waals surface area contributed by atoms with Crippen LogP contribution in [0.1, 0.15) is 36.0 Å². The van der Waals surface area contributed by atoms with Gasteiger partial charge in [0.1, 0.15) is 0 Å². The molecule has 2 aliphatic rings. The summed E-state index contributed by atoms with van der Waals surface area (Å²) in [4.78, 5) is 26.1. The Hall–Kier alpha value is -2.89. The van der Waals surface area contributed by atoms with E-state index >= 15 is 0 Å². The normalized spacial score (nSPS) is 19.1. The molecule has 4 heterocycles. The molecule has 5 rings (SSSR count). The van der Waals surface area contributed by atoms with E-state index in [1.54, 1.807) is 0 Å². The minimum Gasteiger partial charge on any atom is -0.371 e. The van der Waals surface area contributed by atoms with Gasteiger partial charge in [-0.1, -0.05) is 6.07 Å². The van der Waals surface area contributed by atoms with Gasteiger partial charge in [0.2, 0.25) is 0 Å². The number of imidazole rings is 1. The van der Waals surface area contributed by atoms with Gasteiger partial charge < -0.3 is 14.4 Å². The molecule has 3 aromatic rings.